The molecule has 0 aromatic rings. The lowest BCUT2D eigenvalue weighted by Crippen LogP contribution is -2.50. The number of ether oxygens (including phenoxy) is 1. The van der Waals surface area contributed by atoms with Crippen molar-refractivity contribution in [3.05, 3.63) is 0 Å². The van der Waals surface area contributed by atoms with E-state index < -0.39 is 24.4 Å². The molecular formula is C13H20NO5-. The molecule has 0 unspecified atom stereocenters. The van der Waals surface area contributed by atoms with Crippen LogP contribution in [0.2, 0.25) is 0 Å². The minimum absolute atomic E-state index is 0.165. The Labute approximate surface area is 112 Å². The molecule has 6 heteroatoms. The topological polar surface area (TPSA) is 95.5 Å². The summed E-state index contributed by atoms with van der Waals surface area (Å²) in [5, 5.41) is 13.3. The van der Waals surface area contributed by atoms with E-state index in [4.69, 9.17) is 0 Å². The van der Waals surface area contributed by atoms with Crippen molar-refractivity contribution in [1.82, 2.24) is 5.32 Å². The Morgan fingerprint density at radius 2 is 1.79 bits per heavy atom. The van der Waals surface area contributed by atoms with Gasteiger partial charge < -0.3 is 20.0 Å². The number of amides is 1. The van der Waals surface area contributed by atoms with Gasteiger partial charge in [-0.2, -0.15) is 0 Å². The highest BCUT2D eigenvalue weighted by Crippen LogP contribution is 2.23. The van der Waals surface area contributed by atoms with Crippen molar-refractivity contribution < 1.29 is 24.2 Å². The molecule has 0 bridgehead atoms. The number of esters is 1. The van der Waals surface area contributed by atoms with E-state index in [9.17, 15) is 19.5 Å². The Kier molecular flexibility index (Phi) is 6.32. The Balaban J connectivity index is 2.54. The lowest BCUT2D eigenvalue weighted by Gasteiger charge is -2.22. The SMILES string of the molecule is COC(=O)C[C@H](NC(=O)C1CCCCCC1)C(=O)[O-]. The Morgan fingerprint density at radius 1 is 1.21 bits per heavy atom. The van der Waals surface area contributed by atoms with E-state index in [1.54, 1.807) is 0 Å². The van der Waals surface area contributed by atoms with Gasteiger partial charge in [0.25, 0.3) is 0 Å². The molecule has 0 aliphatic heterocycles. The van der Waals surface area contributed by atoms with Crippen LogP contribution in [0.3, 0.4) is 0 Å². The van der Waals surface area contributed by atoms with Gasteiger partial charge in [-0.25, -0.2) is 0 Å². The maximum absolute atomic E-state index is 12.0. The van der Waals surface area contributed by atoms with Gasteiger partial charge in [0.2, 0.25) is 5.91 Å². The molecule has 1 fully saturated rings. The molecule has 0 spiro atoms. The molecule has 0 radical (unpaired) electrons. The fourth-order valence-electron chi connectivity index (χ4n) is 2.27. The van der Waals surface area contributed by atoms with E-state index in [1.165, 1.54) is 7.11 Å². The quantitative estimate of drug-likeness (QED) is 0.549. The largest absolute Gasteiger partial charge is 0.548 e. The van der Waals surface area contributed by atoms with E-state index in [0.717, 1.165) is 38.5 Å². The van der Waals surface area contributed by atoms with Gasteiger partial charge in [-0.3, -0.25) is 9.59 Å². The Hall–Kier alpha value is -1.59. The monoisotopic (exact) mass is 270 g/mol. The number of carboxylic acid groups (broad SMARTS) is 1. The molecular weight excluding hydrogens is 250 g/mol. The summed E-state index contributed by atoms with van der Waals surface area (Å²) < 4.78 is 4.40. The molecule has 1 amide bonds. The molecule has 0 aromatic heterocycles. The zero-order valence-electron chi connectivity index (χ0n) is 11.1. The highest BCUT2D eigenvalue weighted by atomic mass is 16.5. The van der Waals surface area contributed by atoms with Crippen LogP contribution in [0.4, 0.5) is 0 Å². The van der Waals surface area contributed by atoms with Gasteiger partial charge >= 0.3 is 5.97 Å². The van der Waals surface area contributed by atoms with Crippen LogP contribution in [-0.2, 0) is 19.1 Å². The van der Waals surface area contributed by atoms with E-state index >= 15 is 0 Å². The van der Waals surface area contributed by atoms with Crippen molar-refractivity contribution in [2.24, 2.45) is 5.92 Å². The summed E-state index contributed by atoms with van der Waals surface area (Å²) in [6.45, 7) is 0. The van der Waals surface area contributed by atoms with Gasteiger partial charge in [-0.15, -0.1) is 0 Å². The van der Waals surface area contributed by atoms with Crippen LogP contribution < -0.4 is 10.4 Å². The zero-order valence-corrected chi connectivity index (χ0v) is 11.1. The van der Waals surface area contributed by atoms with Crippen LogP contribution >= 0.6 is 0 Å². The maximum Gasteiger partial charge on any atom is 0.307 e. The van der Waals surface area contributed by atoms with Gasteiger partial charge in [0.1, 0.15) is 0 Å². The second-order valence-corrected chi connectivity index (χ2v) is 4.85. The normalized spacial score (nSPS) is 18.2. The highest BCUT2D eigenvalue weighted by molar-refractivity contribution is 5.87. The predicted octanol–water partition coefficient (Wildman–Crippen LogP) is -0.245. The zero-order chi connectivity index (χ0) is 14.3. The number of carbonyl (C=O) groups is 3. The third-order valence-electron chi connectivity index (χ3n) is 3.43. The first-order valence-corrected chi connectivity index (χ1v) is 6.62. The average Bonchev–Trinajstić information content (AvgIpc) is 2.66. The summed E-state index contributed by atoms with van der Waals surface area (Å²) >= 11 is 0. The number of aliphatic carboxylic acids is 1. The predicted molar refractivity (Wildman–Crippen MR) is 64.8 cm³/mol. The van der Waals surface area contributed by atoms with Gasteiger partial charge in [-0.1, -0.05) is 25.7 Å². The molecule has 0 heterocycles. The highest BCUT2D eigenvalue weighted by Gasteiger charge is 2.24. The fourth-order valence-corrected chi connectivity index (χ4v) is 2.27. The first kappa shape index (κ1) is 15.5. The molecule has 19 heavy (non-hydrogen) atoms. The van der Waals surface area contributed by atoms with Crippen LogP contribution in [-0.4, -0.2) is 31.0 Å². The number of methoxy groups -OCH3 is 1. The summed E-state index contributed by atoms with van der Waals surface area (Å²) in [7, 11) is 1.17. The van der Waals surface area contributed by atoms with E-state index in [1.807, 2.05) is 0 Å². The first-order valence-electron chi connectivity index (χ1n) is 6.62. The summed E-state index contributed by atoms with van der Waals surface area (Å²) in [5.41, 5.74) is 0. The fraction of sp³-hybridized carbons (Fsp3) is 0.769. The molecule has 1 atom stereocenters. The molecule has 0 saturated heterocycles. The molecule has 6 nitrogen and oxygen atoms in total. The summed E-state index contributed by atoms with van der Waals surface area (Å²) in [4.78, 5) is 34.0. The minimum atomic E-state index is -1.47. The number of hydrogen-bond donors (Lipinski definition) is 1. The third-order valence-corrected chi connectivity index (χ3v) is 3.43. The summed E-state index contributed by atoms with van der Waals surface area (Å²) in [6, 6.07) is -1.32. The van der Waals surface area contributed by atoms with Crippen LogP contribution in [0, 0.1) is 5.92 Å². The van der Waals surface area contributed by atoms with Crippen molar-refractivity contribution in [2.45, 2.75) is 51.0 Å². The van der Waals surface area contributed by atoms with E-state index in [2.05, 4.69) is 10.1 Å². The van der Waals surface area contributed by atoms with Gasteiger partial charge in [-0.05, 0) is 12.8 Å². The molecule has 108 valence electrons. The molecule has 1 rings (SSSR count). The van der Waals surface area contributed by atoms with E-state index in [-0.39, 0.29) is 11.8 Å². The second kappa shape index (κ2) is 7.76. The van der Waals surface area contributed by atoms with Gasteiger partial charge in [0.15, 0.2) is 0 Å². The maximum atomic E-state index is 12.0. The Bertz CT molecular complexity index is 334. The molecule has 0 aromatic carbocycles. The molecule has 1 N–H and O–H groups in total. The summed E-state index contributed by atoms with van der Waals surface area (Å²) in [6.07, 6.45) is 5.30. The average molecular weight is 270 g/mol. The lowest BCUT2D eigenvalue weighted by molar-refractivity contribution is -0.308. The van der Waals surface area contributed by atoms with Crippen LogP contribution in [0.1, 0.15) is 44.9 Å². The number of carboxylic acids is 1. The summed E-state index contributed by atoms with van der Waals surface area (Å²) in [5.74, 6) is -2.62. The van der Waals surface area contributed by atoms with E-state index in [0.29, 0.717) is 0 Å². The number of rotatable bonds is 5. The first-order chi connectivity index (χ1) is 9.04. The lowest BCUT2D eigenvalue weighted by atomic mass is 9.99. The number of nitrogens with one attached hydrogen (secondary N) is 1. The molecule has 1 saturated carbocycles. The van der Waals surface area contributed by atoms with Gasteiger partial charge in [0, 0.05) is 5.92 Å². The van der Waals surface area contributed by atoms with Crippen molar-refractivity contribution >= 4 is 17.8 Å². The Morgan fingerprint density at radius 3 is 2.26 bits per heavy atom. The second-order valence-electron chi connectivity index (χ2n) is 4.85. The number of hydrogen-bond acceptors (Lipinski definition) is 5. The minimum Gasteiger partial charge on any atom is -0.548 e. The molecule has 1 aliphatic carbocycles. The van der Waals surface area contributed by atoms with Crippen LogP contribution in [0.15, 0.2) is 0 Å². The smallest absolute Gasteiger partial charge is 0.307 e. The van der Waals surface area contributed by atoms with Crippen molar-refractivity contribution in [3.8, 4) is 0 Å². The standard InChI is InChI=1S/C13H21NO5/c1-19-11(15)8-10(13(17)18)14-12(16)9-6-4-2-3-5-7-9/h9-10H,2-8H2,1H3,(H,14,16)(H,17,18)/p-1/t10-/m0/s1. The molecule has 1 aliphatic rings. The third kappa shape index (κ3) is 5.28. The van der Waals surface area contributed by atoms with Crippen LogP contribution in [0.25, 0.3) is 0 Å². The van der Waals surface area contributed by atoms with Crippen molar-refractivity contribution in [3.63, 3.8) is 0 Å². The van der Waals surface area contributed by atoms with Gasteiger partial charge in [0.05, 0.1) is 25.5 Å². The van der Waals surface area contributed by atoms with Crippen LogP contribution in [0.5, 0.6) is 0 Å². The number of carbonyl (C=O) groups excluding carboxylic acids is 3. The van der Waals surface area contributed by atoms with Crippen molar-refractivity contribution in [1.29, 1.82) is 0 Å². The van der Waals surface area contributed by atoms with Crippen molar-refractivity contribution in [2.75, 3.05) is 7.11 Å².